The summed E-state index contributed by atoms with van der Waals surface area (Å²) in [6.45, 7) is 4.79. The van der Waals surface area contributed by atoms with Crippen LogP contribution in [0.15, 0.2) is 24.3 Å². The average Bonchev–Trinajstić information content (AvgIpc) is 2.93. The molecule has 0 spiro atoms. The summed E-state index contributed by atoms with van der Waals surface area (Å²) in [5.41, 5.74) is 7.11. The zero-order valence-corrected chi connectivity index (χ0v) is 20.0. The van der Waals surface area contributed by atoms with Crippen molar-refractivity contribution in [1.29, 1.82) is 0 Å². The lowest BCUT2D eigenvalue weighted by Crippen LogP contribution is -2.39. The van der Waals surface area contributed by atoms with Crippen LogP contribution in [0.3, 0.4) is 0 Å². The highest BCUT2D eigenvalue weighted by Gasteiger charge is 2.28. The van der Waals surface area contributed by atoms with Crippen molar-refractivity contribution in [3.8, 4) is 22.6 Å². The SMILES string of the molecule is CCOC(=O)Oc1c2ccc(CC(=O)N(COC)C(=O)OCC)ccc-2c(OC(=O)OCC)c1N. The summed E-state index contributed by atoms with van der Waals surface area (Å²) in [6, 6.07) is 6.21. The van der Waals surface area contributed by atoms with Gasteiger partial charge in [0.1, 0.15) is 12.4 Å². The van der Waals surface area contributed by atoms with Crippen LogP contribution in [-0.4, -0.2) is 62.9 Å². The third-order valence-electron chi connectivity index (χ3n) is 4.49. The Labute approximate surface area is 202 Å². The molecule has 12 nitrogen and oxygen atoms in total. The first-order chi connectivity index (χ1) is 16.8. The number of imide groups is 1. The second kappa shape index (κ2) is 13.0. The Hall–Kier alpha value is -4.06. The third-order valence-corrected chi connectivity index (χ3v) is 4.49. The number of methoxy groups -OCH3 is 1. The van der Waals surface area contributed by atoms with Gasteiger partial charge in [0, 0.05) is 18.2 Å². The van der Waals surface area contributed by atoms with E-state index in [2.05, 4.69) is 0 Å². The van der Waals surface area contributed by atoms with Crippen molar-refractivity contribution in [1.82, 2.24) is 4.90 Å². The molecule has 2 aliphatic rings. The predicted molar refractivity (Wildman–Crippen MR) is 122 cm³/mol. The largest absolute Gasteiger partial charge is 0.513 e. The number of amides is 2. The fourth-order valence-electron chi connectivity index (χ4n) is 3.03. The highest BCUT2D eigenvalue weighted by Crippen LogP contribution is 2.50. The van der Waals surface area contributed by atoms with Crippen LogP contribution in [0.25, 0.3) is 11.1 Å². The Morgan fingerprint density at radius 3 is 1.71 bits per heavy atom. The van der Waals surface area contributed by atoms with Gasteiger partial charge in [-0.15, -0.1) is 0 Å². The summed E-state index contributed by atoms with van der Waals surface area (Å²) in [6.07, 6.45) is -3.01. The van der Waals surface area contributed by atoms with Gasteiger partial charge < -0.3 is 34.2 Å². The molecule has 12 heteroatoms. The molecule has 0 fully saturated rings. The van der Waals surface area contributed by atoms with Crippen LogP contribution in [0.2, 0.25) is 0 Å². The first kappa shape index (κ1) is 27.2. The standard InChI is InChI=1S/C23H28N2O10/c1-5-31-21(27)25(13-30-4)17(26)12-14-8-10-15-16(11-9-14)20(35-23(29)33-7-3)18(24)19(15)34-22(28)32-6-2/h8-11H,5-7,12-13,24H2,1-4H3. The number of ether oxygens (including phenoxy) is 6. The summed E-state index contributed by atoms with van der Waals surface area (Å²) in [7, 11) is 1.34. The molecule has 0 aromatic rings. The lowest BCUT2D eigenvalue weighted by molar-refractivity contribution is -0.132. The highest BCUT2D eigenvalue weighted by molar-refractivity contribution is 5.96. The smallest absolute Gasteiger partial charge is 0.449 e. The van der Waals surface area contributed by atoms with Crippen molar-refractivity contribution in [2.45, 2.75) is 27.2 Å². The number of carbonyl (C=O) groups excluding carboxylic acids is 4. The lowest BCUT2D eigenvalue weighted by atomic mass is 10.2. The van der Waals surface area contributed by atoms with Gasteiger partial charge in [0.2, 0.25) is 5.91 Å². The van der Waals surface area contributed by atoms with E-state index in [0.29, 0.717) is 16.7 Å². The van der Waals surface area contributed by atoms with E-state index in [1.54, 1.807) is 32.9 Å². The highest BCUT2D eigenvalue weighted by atomic mass is 16.7. The fourth-order valence-corrected chi connectivity index (χ4v) is 3.03. The summed E-state index contributed by atoms with van der Waals surface area (Å²) in [5.74, 6) is -0.737. The minimum absolute atomic E-state index is 0.0715. The molecule has 2 N–H and O–H groups in total. The van der Waals surface area contributed by atoms with E-state index >= 15 is 0 Å². The maximum atomic E-state index is 12.7. The molecule has 0 aliphatic heterocycles. The number of carbonyl (C=O) groups is 4. The van der Waals surface area contributed by atoms with Gasteiger partial charge in [-0.05, 0) is 26.3 Å². The number of nitrogens with zero attached hydrogens (tertiary/aromatic N) is 1. The van der Waals surface area contributed by atoms with Crippen molar-refractivity contribution < 1.29 is 47.6 Å². The third kappa shape index (κ3) is 6.96. The molecule has 0 saturated carbocycles. The number of hydrogen-bond donors (Lipinski definition) is 1. The maximum Gasteiger partial charge on any atom is 0.513 e. The molecule has 2 amide bonds. The molecule has 0 aromatic carbocycles. The Morgan fingerprint density at radius 2 is 1.29 bits per heavy atom. The van der Waals surface area contributed by atoms with Gasteiger partial charge in [-0.1, -0.05) is 24.3 Å². The Balaban J connectivity index is 2.46. The Morgan fingerprint density at radius 1 is 0.800 bits per heavy atom. The van der Waals surface area contributed by atoms with Crippen molar-refractivity contribution >= 4 is 30.0 Å². The van der Waals surface area contributed by atoms with Crippen LogP contribution in [0.1, 0.15) is 26.3 Å². The number of fused-ring (bicyclic) bond motifs is 1. The molecule has 0 unspecified atom stereocenters. The van der Waals surface area contributed by atoms with Gasteiger partial charge in [0.25, 0.3) is 0 Å². The minimum Gasteiger partial charge on any atom is -0.449 e. The normalized spacial score (nSPS) is 10.4. The van der Waals surface area contributed by atoms with Crippen molar-refractivity contribution in [2.75, 3.05) is 39.4 Å². The van der Waals surface area contributed by atoms with Crippen LogP contribution in [0.4, 0.5) is 20.1 Å². The number of rotatable bonds is 9. The van der Waals surface area contributed by atoms with Gasteiger partial charge in [-0.25, -0.2) is 19.3 Å². The predicted octanol–water partition coefficient (Wildman–Crippen LogP) is 3.58. The summed E-state index contributed by atoms with van der Waals surface area (Å²) in [5, 5.41) is 0. The van der Waals surface area contributed by atoms with Crippen LogP contribution in [0, 0.1) is 0 Å². The molecule has 2 rings (SSSR count). The summed E-state index contributed by atoms with van der Waals surface area (Å²) < 4.78 is 29.9. The van der Waals surface area contributed by atoms with Crippen molar-refractivity contribution in [3.05, 3.63) is 29.8 Å². The molecule has 190 valence electrons. The van der Waals surface area contributed by atoms with E-state index in [4.69, 9.17) is 34.2 Å². The zero-order chi connectivity index (χ0) is 26.0. The first-order valence-corrected chi connectivity index (χ1v) is 10.8. The molecule has 0 radical (unpaired) electrons. The molecular weight excluding hydrogens is 464 g/mol. The molecule has 0 aromatic heterocycles. The molecular formula is C23H28N2O10. The van der Waals surface area contributed by atoms with Crippen LogP contribution in [-0.2, 0) is 30.2 Å². The molecule has 0 bridgehead atoms. The number of anilines is 1. The van der Waals surface area contributed by atoms with Crippen molar-refractivity contribution in [2.24, 2.45) is 0 Å². The monoisotopic (exact) mass is 492 g/mol. The Kier molecular flexibility index (Phi) is 10.1. The first-order valence-electron chi connectivity index (χ1n) is 10.8. The van der Waals surface area contributed by atoms with E-state index in [-0.39, 0.29) is 50.2 Å². The number of hydrogen-bond acceptors (Lipinski definition) is 11. The van der Waals surface area contributed by atoms with E-state index in [0.717, 1.165) is 4.90 Å². The second-order valence-corrected chi connectivity index (χ2v) is 6.83. The topological polar surface area (TPSA) is 153 Å². The quantitative estimate of drug-likeness (QED) is 0.310. The maximum absolute atomic E-state index is 12.7. The van der Waals surface area contributed by atoms with Gasteiger partial charge in [0.15, 0.2) is 11.5 Å². The van der Waals surface area contributed by atoms with Gasteiger partial charge >= 0.3 is 18.4 Å². The van der Waals surface area contributed by atoms with E-state index in [1.807, 2.05) is 0 Å². The van der Waals surface area contributed by atoms with E-state index in [9.17, 15) is 19.2 Å². The van der Waals surface area contributed by atoms with Crippen LogP contribution < -0.4 is 15.2 Å². The minimum atomic E-state index is -1.000. The summed E-state index contributed by atoms with van der Waals surface area (Å²) in [4.78, 5) is 49.5. The second-order valence-electron chi connectivity index (χ2n) is 6.83. The molecule has 0 heterocycles. The average molecular weight is 492 g/mol. The number of nitrogens with two attached hydrogens (primary N) is 1. The van der Waals surface area contributed by atoms with E-state index < -0.39 is 24.3 Å². The molecule has 2 aliphatic carbocycles. The molecule has 0 saturated heterocycles. The number of nitrogen functional groups attached to an aromatic ring is 1. The molecule has 35 heavy (non-hydrogen) atoms. The summed E-state index contributed by atoms with van der Waals surface area (Å²) >= 11 is 0. The molecule has 0 atom stereocenters. The van der Waals surface area contributed by atoms with Gasteiger partial charge in [-0.2, -0.15) is 0 Å². The van der Waals surface area contributed by atoms with Crippen LogP contribution in [0.5, 0.6) is 11.5 Å². The fraction of sp³-hybridized carbons (Fsp3) is 0.391. The van der Waals surface area contributed by atoms with E-state index in [1.165, 1.54) is 19.2 Å². The van der Waals surface area contributed by atoms with Gasteiger partial charge in [0.05, 0.1) is 26.2 Å². The van der Waals surface area contributed by atoms with Crippen LogP contribution >= 0.6 is 0 Å². The van der Waals surface area contributed by atoms with Crippen molar-refractivity contribution in [3.63, 3.8) is 0 Å². The van der Waals surface area contributed by atoms with Gasteiger partial charge in [-0.3, -0.25) is 4.79 Å². The lowest BCUT2D eigenvalue weighted by Gasteiger charge is -2.18. The Bertz CT molecular complexity index is 982. The zero-order valence-electron chi connectivity index (χ0n) is 20.0.